The van der Waals surface area contributed by atoms with Crippen LogP contribution in [-0.2, 0) is 14.8 Å². The molecule has 2 aliphatic heterocycles. The average molecular weight is 473 g/mol. The Bertz CT molecular complexity index is 569. The molecular formula is C14H28IN5O3S. The van der Waals surface area contributed by atoms with Crippen molar-refractivity contribution in [2.75, 3.05) is 45.5 Å². The van der Waals surface area contributed by atoms with Gasteiger partial charge in [-0.15, -0.1) is 24.0 Å². The minimum absolute atomic E-state index is 0. The highest BCUT2D eigenvalue weighted by Crippen LogP contribution is 2.35. The van der Waals surface area contributed by atoms with Gasteiger partial charge in [0.05, 0.1) is 5.75 Å². The van der Waals surface area contributed by atoms with E-state index in [1.54, 1.807) is 14.0 Å². The Labute approximate surface area is 161 Å². The minimum Gasteiger partial charge on any atom is -0.355 e. The maximum atomic E-state index is 11.6. The normalized spacial score (nSPS) is 24.7. The van der Waals surface area contributed by atoms with E-state index in [0.717, 1.165) is 38.4 Å². The van der Waals surface area contributed by atoms with E-state index in [0.29, 0.717) is 19.5 Å². The van der Waals surface area contributed by atoms with Gasteiger partial charge in [0.15, 0.2) is 5.96 Å². The van der Waals surface area contributed by atoms with Crippen molar-refractivity contribution in [1.82, 2.24) is 20.3 Å². The van der Waals surface area contributed by atoms with E-state index in [4.69, 9.17) is 0 Å². The summed E-state index contributed by atoms with van der Waals surface area (Å²) in [6, 6.07) is 0. The Morgan fingerprint density at radius 2 is 2.17 bits per heavy atom. The summed E-state index contributed by atoms with van der Waals surface area (Å²) in [5.74, 6) is 0.972. The van der Waals surface area contributed by atoms with Gasteiger partial charge in [-0.25, -0.2) is 13.1 Å². The third kappa shape index (κ3) is 5.73. The number of amides is 1. The standard InChI is InChI=1S/C14H27N5O3S.HI/c1-3-23(21,22)18-7-6-16-13(15-2)19-8-4-5-14(11-19)9-12(20)17-10-14;/h18H,3-11H2,1-2H3,(H,15,16)(H,17,20);1H. The molecule has 1 amide bonds. The smallest absolute Gasteiger partial charge is 0.220 e. The summed E-state index contributed by atoms with van der Waals surface area (Å²) in [5.41, 5.74) is 0.0107. The van der Waals surface area contributed by atoms with Crippen LogP contribution in [0.1, 0.15) is 26.2 Å². The molecule has 2 heterocycles. The van der Waals surface area contributed by atoms with Crippen molar-refractivity contribution in [3.63, 3.8) is 0 Å². The van der Waals surface area contributed by atoms with Crippen molar-refractivity contribution in [2.24, 2.45) is 10.4 Å². The predicted molar refractivity (Wildman–Crippen MR) is 105 cm³/mol. The number of carbonyl (C=O) groups excluding carboxylic acids is 1. The number of sulfonamides is 1. The molecule has 1 spiro atoms. The van der Waals surface area contributed by atoms with E-state index in [2.05, 4.69) is 25.2 Å². The molecule has 2 fully saturated rings. The molecule has 24 heavy (non-hydrogen) atoms. The Morgan fingerprint density at radius 3 is 2.75 bits per heavy atom. The van der Waals surface area contributed by atoms with Gasteiger partial charge in [0, 0.05) is 51.6 Å². The molecule has 8 nitrogen and oxygen atoms in total. The van der Waals surface area contributed by atoms with Crippen molar-refractivity contribution in [3.05, 3.63) is 0 Å². The first-order valence-electron chi connectivity index (χ1n) is 8.09. The third-order valence-corrected chi connectivity index (χ3v) is 5.88. The number of nitrogens with one attached hydrogen (secondary N) is 3. The predicted octanol–water partition coefficient (Wildman–Crippen LogP) is -0.279. The average Bonchev–Trinajstić information content (AvgIpc) is 2.87. The second-order valence-corrected chi connectivity index (χ2v) is 8.35. The van der Waals surface area contributed by atoms with Crippen LogP contribution in [0.4, 0.5) is 0 Å². The summed E-state index contributed by atoms with van der Waals surface area (Å²) in [5, 5.41) is 6.13. The fourth-order valence-electron chi connectivity index (χ4n) is 3.24. The summed E-state index contributed by atoms with van der Waals surface area (Å²) >= 11 is 0. The fraction of sp³-hybridized carbons (Fsp3) is 0.857. The van der Waals surface area contributed by atoms with Crippen LogP contribution in [0.5, 0.6) is 0 Å². The van der Waals surface area contributed by atoms with E-state index in [-0.39, 0.29) is 41.1 Å². The van der Waals surface area contributed by atoms with Gasteiger partial charge < -0.3 is 15.5 Å². The van der Waals surface area contributed by atoms with Gasteiger partial charge in [-0.1, -0.05) is 0 Å². The van der Waals surface area contributed by atoms with Gasteiger partial charge in [-0.2, -0.15) is 0 Å². The summed E-state index contributed by atoms with van der Waals surface area (Å²) < 4.78 is 25.3. The van der Waals surface area contributed by atoms with Crippen molar-refractivity contribution in [1.29, 1.82) is 0 Å². The minimum atomic E-state index is -3.16. The number of likely N-dealkylation sites (tertiary alicyclic amines) is 1. The number of piperidine rings is 1. The number of carbonyl (C=O) groups is 1. The first-order chi connectivity index (χ1) is 10.9. The molecule has 0 bridgehead atoms. The molecule has 1 unspecified atom stereocenters. The number of halogens is 1. The quantitative estimate of drug-likeness (QED) is 0.221. The summed E-state index contributed by atoms with van der Waals surface area (Å²) in [4.78, 5) is 18.0. The Balaban J connectivity index is 0.00000288. The summed E-state index contributed by atoms with van der Waals surface area (Å²) in [7, 11) is -1.44. The van der Waals surface area contributed by atoms with Crippen LogP contribution in [0, 0.1) is 5.41 Å². The SMILES string of the molecule is CCS(=O)(=O)NCCNC(=NC)N1CCCC2(CNC(=O)C2)C1.I. The van der Waals surface area contributed by atoms with Crippen LogP contribution >= 0.6 is 24.0 Å². The molecule has 0 aromatic heterocycles. The zero-order valence-electron chi connectivity index (χ0n) is 14.3. The molecule has 2 aliphatic rings. The van der Waals surface area contributed by atoms with Crippen molar-refractivity contribution in [2.45, 2.75) is 26.2 Å². The molecule has 0 saturated carbocycles. The molecule has 2 rings (SSSR count). The second-order valence-electron chi connectivity index (χ2n) is 6.25. The van der Waals surface area contributed by atoms with Gasteiger partial charge in [0.1, 0.15) is 0 Å². The highest BCUT2D eigenvalue weighted by atomic mass is 127. The number of rotatable bonds is 5. The third-order valence-electron chi connectivity index (χ3n) is 4.48. The number of guanidine groups is 1. The molecule has 0 aromatic carbocycles. The largest absolute Gasteiger partial charge is 0.355 e. The monoisotopic (exact) mass is 473 g/mol. The lowest BCUT2D eigenvalue weighted by Gasteiger charge is -2.40. The maximum absolute atomic E-state index is 11.6. The van der Waals surface area contributed by atoms with Crippen LogP contribution in [0.2, 0.25) is 0 Å². The van der Waals surface area contributed by atoms with Gasteiger partial charge in [-0.05, 0) is 19.8 Å². The highest BCUT2D eigenvalue weighted by Gasteiger charge is 2.42. The lowest BCUT2D eigenvalue weighted by Crippen LogP contribution is -2.52. The zero-order chi connectivity index (χ0) is 16.9. The number of hydrogen-bond acceptors (Lipinski definition) is 4. The summed E-state index contributed by atoms with van der Waals surface area (Å²) in [6.45, 7) is 4.84. The van der Waals surface area contributed by atoms with E-state index in [9.17, 15) is 13.2 Å². The van der Waals surface area contributed by atoms with Gasteiger partial charge in [-0.3, -0.25) is 9.79 Å². The molecule has 0 aliphatic carbocycles. The van der Waals surface area contributed by atoms with Crippen molar-refractivity contribution < 1.29 is 13.2 Å². The van der Waals surface area contributed by atoms with E-state index in [1.807, 2.05) is 0 Å². The van der Waals surface area contributed by atoms with Gasteiger partial charge in [0.25, 0.3) is 0 Å². The van der Waals surface area contributed by atoms with E-state index >= 15 is 0 Å². The van der Waals surface area contributed by atoms with Crippen LogP contribution in [-0.4, -0.2) is 70.7 Å². The molecule has 140 valence electrons. The first-order valence-corrected chi connectivity index (χ1v) is 9.74. The molecule has 0 radical (unpaired) electrons. The second kappa shape index (κ2) is 9.18. The lowest BCUT2D eigenvalue weighted by atomic mass is 9.79. The maximum Gasteiger partial charge on any atom is 0.220 e. The zero-order valence-corrected chi connectivity index (χ0v) is 17.4. The Morgan fingerprint density at radius 1 is 1.42 bits per heavy atom. The summed E-state index contributed by atoms with van der Waals surface area (Å²) in [6.07, 6.45) is 2.66. The molecular weight excluding hydrogens is 445 g/mol. The van der Waals surface area contributed by atoms with Crippen molar-refractivity contribution in [3.8, 4) is 0 Å². The van der Waals surface area contributed by atoms with Gasteiger partial charge >= 0.3 is 0 Å². The number of aliphatic imine (C=N–C) groups is 1. The van der Waals surface area contributed by atoms with Crippen LogP contribution in [0.25, 0.3) is 0 Å². The Hall–Kier alpha value is -0.620. The Kier molecular flexibility index (Phi) is 8.20. The van der Waals surface area contributed by atoms with E-state index < -0.39 is 10.0 Å². The molecule has 10 heteroatoms. The number of nitrogens with zero attached hydrogens (tertiary/aromatic N) is 2. The molecule has 2 saturated heterocycles. The molecule has 3 N–H and O–H groups in total. The van der Waals surface area contributed by atoms with Gasteiger partial charge in [0.2, 0.25) is 15.9 Å². The van der Waals surface area contributed by atoms with Crippen LogP contribution in [0.3, 0.4) is 0 Å². The van der Waals surface area contributed by atoms with Crippen molar-refractivity contribution >= 4 is 45.9 Å². The topological polar surface area (TPSA) is 103 Å². The first kappa shape index (κ1) is 21.4. The molecule has 1 atom stereocenters. The highest BCUT2D eigenvalue weighted by molar-refractivity contribution is 14.0. The fourth-order valence-corrected chi connectivity index (χ4v) is 3.86. The molecule has 0 aromatic rings. The lowest BCUT2D eigenvalue weighted by molar-refractivity contribution is -0.119. The van der Waals surface area contributed by atoms with Crippen LogP contribution < -0.4 is 15.4 Å². The van der Waals surface area contributed by atoms with E-state index in [1.165, 1.54) is 0 Å². The number of hydrogen-bond donors (Lipinski definition) is 3. The van der Waals surface area contributed by atoms with Crippen LogP contribution in [0.15, 0.2) is 4.99 Å².